The highest BCUT2D eigenvalue weighted by molar-refractivity contribution is 6.20. The summed E-state index contributed by atoms with van der Waals surface area (Å²) in [5.41, 5.74) is 0.989. The van der Waals surface area contributed by atoms with Crippen molar-refractivity contribution in [2.24, 2.45) is 0 Å². The zero-order valence-electron chi connectivity index (χ0n) is 9.16. The Balaban J connectivity index is 2.43. The Morgan fingerprint density at radius 2 is 2.40 bits per heavy atom. The second kappa shape index (κ2) is 6.51. The Kier molecular flexibility index (Phi) is 5.26. The Bertz CT molecular complexity index is 294. The zero-order valence-corrected chi connectivity index (χ0v) is 9.92. The van der Waals surface area contributed by atoms with E-state index in [2.05, 4.69) is 17.2 Å². The van der Waals surface area contributed by atoms with Gasteiger partial charge in [-0.1, -0.05) is 13.3 Å². The van der Waals surface area contributed by atoms with E-state index >= 15 is 0 Å². The molecule has 84 valence electrons. The highest BCUT2D eigenvalue weighted by Gasteiger charge is 2.03. The number of aromatic nitrogens is 1. The van der Waals surface area contributed by atoms with Crippen molar-refractivity contribution < 1.29 is 4.74 Å². The van der Waals surface area contributed by atoms with Gasteiger partial charge < -0.3 is 10.1 Å². The second-order valence-corrected chi connectivity index (χ2v) is 3.97. The molecule has 0 spiro atoms. The average Bonchev–Trinajstić information content (AvgIpc) is 2.27. The van der Waals surface area contributed by atoms with Crippen molar-refractivity contribution in [1.82, 2.24) is 4.98 Å². The summed E-state index contributed by atoms with van der Waals surface area (Å²) in [7, 11) is 1.60. The van der Waals surface area contributed by atoms with Gasteiger partial charge in [0.2, 0.25) is 5.88 Å². The molecule has 0 saturated carbocycles. The van der Waals surface area contributed by atoms with Crippen molar-refractivity contribution in [3.05, 3.63) is 18.3 Å². The van der Waals surface area contributed by atoms with Gasteiger partial charge in [-0.2, -0.15) is 0 Å². The smallest absolute Gasteiger partial charge is 0.214 e. The van der Waals surface area contributed by atoms with Gasteiger partial charge in [0.25, 0.3) is 0 Å². The average molecular weight is 229 g/mol. The van der Waals surface area contributed by atoms with E-state index in [1.54, 1.807) is 13.3 Å². The Morgan fingerprint density at radius 3 is 3.07 bits per heavy atom. The molecule has 0 amide bonds. The summed E-state index contributed by atoms with van der Waals surface area (Å²) in [6, 6.07) is 3.76. The van der Waals surface area contributed by atoms with Crippen LogP contribution in [0.3, 0.4) is 0 Å². The molecule has 1 rings (SSSR count). The molecule has 0 bridgehead atoms. The molecule has 1 unspecified atom stereocenters. The van der Waals surface area contributed by atoms with E-state index in [1.807, 2.05) is 12.1 Å². The molecule has 1 aromatic rings. The van der Waals surface area contributed by atoms with Crippen LogP contribution in [0.4, 0.5) is 5.69 Å². The third kappa shape index (κ3) is 4.38. The molecule has 0 aliphatic rings. The van der Waals surface area contributed by atoms with Crippen LogP contribution in [0, 0.1) is 0 Å². The van der Waals surface area contributed by atoms with E-state index in [0.717, 1.165) is 25.1 Å². The van der Waals surface area contributed by atoms with Crippen LogP contribution in [0.5, 0.6) is 5.88 Å². The second-order valence-electron chi connectivity index (χ2n) is 3.35. The minimum absolute atomic E-state index is 0.175. The monoisotopic (exact) mass is 228 g/mol. The van der Waals surface area contributed by atoms with E-state index in [4.69, 9.17) is 16.3 Å². The van der Waals surface area contributed by atoms with E-state index in [9.17, 15) is 0 Å². The van der Waals surface area contributed by atoms with Crippen LogP contribution in [-0.4, -0.2) is 24.0 Å². The maximum absolute atomic E-state index is 6.10. The third-order valence-electron chi connectivity index (χ3n) is 2.07. The summed E-state index contributed by atoms with van der Waals surface area (Å²) in [5.74, 6) is 0.613. The summed E-state index contributed by atoms with van der Waals surface area (Å²) in [5, 5.41) is 3.43. The lowest BCUT2D eigenvalue weighted by Crippen LogP contribution is -2.13. The summed E-state index contributed by atoms with van der Waals surface area (Å²) < 4.78 is 5.03. The van der Waals surface area contributed by atoms with Crippen molar-refractivity contribution in [1.29, 1.82) is 0 Å². The van der Waals surface area contributed by atoms with Crippen molar-refractivity contribution in [3.8, 4) is 5.88 Å². The fourth-order valence-corrected chi connectivity index (χ4v) is 1.57. The van der Waals surface area contributed by atoms with E-state index in [-0.39, 0.29) is 5.38 Å². The van der Waals surface area contributed by atoms with E-state index in [1.165, 1.54) is 0 Å². The maximum atomic E-state index is 6.10. The van der Waals surface area contributed by atoms with Gasteiger partial charge in [-0.05, 0) is 12.5 Å². The van der Waals surface area contributed by atoms with Crippen LogP contribution in [0.1, 0.15) is 19.8 Å². The number of alkyl halides is 1. The molecular formula is C11H17ClN2O. The lowest BCUT2D eigenvalue weighted by molar-refractivity contribution is 0.398. The minimum Gasteiger partial charge on any atom is -0.481 e. The molecular weight excluding hydrogens is 212 g/mol. The van der Waals surface area contributed by atoms with Crippen molar-refractivity contribution in [2.75, 3.05) is 19.0 Å². The number of pyridine rings is 1. The topological polar surface area (TPSA) is 34.2 Å². The molecule has 0 aromatic carbocycles. The molecule has 0 aliphatic heterocycles. The minimum atomic E-state index is 0.175. The van der Waals surface area contributed by atoms with E-state index in [0.29, 0.717) is 5.88 Å². The van der Waals surface area contributed by atoms with Gasteiger partial charge in [0, 0.05) is 24.5 Å². The van der Waals surface area contributed by atoms with Gasteiger partial charge in [-0.3, -0.25) is 0 Å². The molecule has 1 aromatic heterocycles. The fourth-order valence-electron chi connectivity index (χ4n) is 1.27. The predicted octanol–water partition coefficient (Wildman–Crippen LogP) is 2.91. The third-order valence-corrected chi connectivity index (χ3v) is 2.45. The molecule has 0 saturated heterocycles. The summed E-state index contributed by atoms with van der Waals surface area (Å²) in [6.45, 7) is 2.90. The number of halogens is 1. The number of hydrogen-bond acceptors (Lipinski definition) is 3. The fraction of sp³-hybridized carbons (Fsp3) is 0.545. The number of rotatable bonds is 6. The number of anilines is 1. The summed E-state index contributed by atoms with van der Waals surface area (Å²) in [6.07, 6.45) is 3.84. The molecule has 3 nitrogen and oxygen atoms in total. The number of methoxy groups -OCH3 is 1. The molecule has 1 atom stereocenters. The van der Waals surface area contributed by atoms with Crippen LogP contribution in [-0.2, 0) is 0 Å². The Labute approximate surface area is 95.8 Å². The highest BCUT2D eigenvalue weighted by Crippen LogP contribution is 2.14. The van der Waals surface area contributed by atoms with Crippen LogP contribution in [0.15, 0.2) is 18.3 Å². The van der Waals surface area contributed by atoms with Crippen molar-refractivity contribution >= 4 is 17.3 Å². The largest absolute Gasteiger partial charge is 0.481 e. The first kappa shape index (κ1) is 12.1. The molecule has 1 N–H and O–H groups in total. The first-order chi connectivity index (χ1) is 7.26. The Morgan fingerprint density at radius 1 is 1.60 bits per heavy atom. The number of nitrogens with zero attached hydrogens (tertiary/aromatic N) is 1. The SMILES string of the molecule is CCCC(Cl)CNc1ccnc(OC)c1. The zero-order chi connectivity index (χ0) is 11.1. The van der Waals surface area contributed by atoms with Gasteiger partial charge in [-0.25, -0.2) is 4.98 Å². The molecule has 0 radical (unpaired) electrons. The van der Waals surface area contributed by atoms with Gasteiger partial charge in [-0.15, -0.1) is 11.6 Å². The van der Waals surface area contributed by atoms with Gasteiger partial charge >= 0.3 is 0 Å². The van der Waals surface area contributed by atoms with Crippen molar-refractivity contribution in [2.45, 2.75) is 25.1 Å². The lowest BCUT2D eigenvalue weighted by Gasteiger charge is -2.11. The van der Waals surface area contributed by atoms with Gasteiger partial charge in [0.05, 0.1) is 12.5 Å². The normalized spacial score (nSPS) is 12.2. The van der Waals surface area contributed by atoms with Gasteiger partial charge in [0.1, 0.15) is 0 Å². The molecule has 1 heterocycles. The molecule has 15 heavy (non-hydrogen) atoms. The Hall–Kier alpha value is -0.960. The maximum Gasteiger partial charge on any atom is 0.214 e. The number of ether oxygens (including phenoxy) is 1. The quantitative estimate of drug-likeness (QED) is 0.761. The molecule has 0 fully saturated rings. The standard InChI is InChI=1S/C11H17ClN2O/c1-3-4-9(12)8-14-10-5-6-13-11(7-10)15-2/h5-7,9H,3-4,8H2,1-2H3,(H,13,14). The van der Waals surface area contributed by atoms with Crippen LogP contribution in [0.25, 0.3) is 0 Å². The van der Waals surface area contributed by atoms with Gasteiger partial charge in [0.15, 0.2) is 0 Å². The summed E-state index contributed by atoms with van der Waals surface area (Å²) in [4.78, 5) is 4.03. The van der Waals surface area contributed by atoms with Crippen molar-refractivity contribution in [3.63, 3.8) is 0 Å². The molecule has 4 heteroatoms. The predicted molar refractivity (Wildman–Crippen MR) is 63.8 cm³/mol. The number of hydrogen-bond donors (Lipinski definition) is 1. The van der Waals surface area contributed by atoms with Crippen LogP contribution in [0.2, 0.25) is 0 Å². The number of nitrogens with one attached hydrogen (secondary N) is 1. The van der Waals surface area contributed by atoms with Crippen LogP contribution >= 0.6 is 11.6 Å². The molecule has 0 aliphatic carbocycles. The summed E-state index contributed by atoms with van der Waals surface area (Å²) >= 11 is 6.10. The highest BCUT2D eigenvalue weighted by atomic mass is 35.5. The van der Waals surface area contributed by atoms with E-state index < -0.39 is 0 Å². The first-order valence-electron chi connectivity index (χ1n) is 5.14. The first-order valence-corrected chi connectivity index (χ1v) is 5.58. The van der Waals surface area contributed by atoms with Crippen LogP contribution < -0.4 is 10.1 Å². The lowest BCUT2D eigenvalue weighted by atomic mass is 10.2.